The first-order valence-electron chi connectivity index (χ1n) is 6.40. The van der Waals surface area contributed by atoms with Crippen LogP contribution in [0, 0.1) is 6.92 Å². The van der Waals surface area contributed by atoms with E-state index in [9.17, 15) is 9.59 Å². The van der Waals surface area contributed by atoms with Crippen LogP contribution < -0.4 is 5.56 Å². The second-order valence-electron chi connectivity index (χ2n) is 4.60. The number of fused-ring (bicyclic) bond motifs is 1. The van der Waals surface area contributed by atoms with E-state index in [4.69, 9.17) is 5.11 Å². The van der Waals surface area contributed by atoms with Crippen LogP contribution >= 0.6 is 11.3 Å². The second-order valence-corrected chi connectivity index (χ2v) is 5.61. The Hall–Kier alpha value is -2.80. The Morgan fingerprint density at radius 1 is 1.41 bits per heavy atom. The van der Waals surface area contributed by atoms with Gasteiger partial charge in [-0.2, -0.15) is 0 Å². The van der Waals surface area contributed by atoms with Crippen molar-refractivity contribution in [3.63, 3.8) is 0 Å². The zero-order chi connectivity index (χ0) is 15.7. The van der Waals surface area contributed by atoms with E-state index in [1.807, 2.05) is 18.2 Å². The largest absolute Gasteiger partial charge is 0.477 e. The number of carbonyl (C=O) groups is 1. The zero-order valence-corrected chi connectivity index (χ0v) is 12.4. The SMILES string of the molecule is Cc1c(/C=C/c2cccnc2)nc2sc(C(=O)O)cn2c1=O. The summed E-state index contributed by atoms with van der Waals surface area (Å²) in [5.74, 6) is -1.07. The van der Waals surface area contributed by atoms with E-state index >= 15 is 0 Å². The summed E-state index contributed by atoms with van der Waals surface area (Å²) in [6.07, 6.45) is 8.22. The summed E-state index contributed by atoms with van der Waals surface area (Å²) < 4.78 is 1.27. The van der Waals surface area contributed by atoms with Crippen LogP contribution in [-0.4, -0.2) is 25.4 Å². The molecule has 0 unspecified atom stereocenters. The fraction of sp³-hybridized carbons (Fsp3) is 0.0667. The quantitative estimate of drug-likeness (QED) is 0.802. The number of nitrogens with zero attached hydrogens (tertiary/aromatic N) is 3. The summed E-state index contributed by atoms with van der Waals surface area (Å²) in [6, 6.07) is 3.70. The van der Waals surface area contributed by atoms with Gasteiger partial charge in [0.2, 0.25) is 0 Å². The van der Waals surface area contributed by atoms with Gasteiger partial charge in [-0.05, 0) is 24.6 Å². The molecule has 22 heavy (non-hydrogen) atoms. The lowest BCUT2D eigenvalue weighted by molar-refractivity contribution is 0.0702. The topological polar surface area (TPSA) is 84.6 Å². The maximum Gasteiger partial charge on any atom is 0.347 e. The molecule has 0 atom stereocenters. The molecule has 3 rings (SSSR count). The maximum absolute atomic E-state index is 12.3. The normalized spacial score (nSPS) is 11.3. The van der Waals surface area contributed by atoms with E-state index in [-0.39, 0.29) is 10.4 Å². The van der Waals surface area contributed by atoms with Crippen LogP contribution in [0.1, 0.15) is 26.5 Å². The standard InChI is InChI=1S/C15H11N3O3S/c1-9-11(5-4-10-3-2-6-16-7-10)17-15-18(13(9)19)8-12(22-15)14(20)21/h2-8H,1H3,(H,20,21)/b5-4+. The minimum atomic E-state index is -1.07. The van der Waals surface area contributed by atoms with Crippen LogP contribution in [0.25, 0.3) is 17.1 Å². The molecular weight excluding hydrogens is 302 g/mol. The fourth-order valence-corrected chi connectivity index (χ4v) is 2.78. The summed E-state index contributed by atoms with van der Waals surface area (Å²) >= 11 is 0.970. The molecule has 0 fully saturated rings. The van der Waals surface area contributed by atoms with Crippen LogP contribution in [0.2, 0.25) is 0 Å². The molecule has 0 bridgehead atoms. The van der Waals surface area contributed by atoms with Crippen molar-refractivity contribution in [1.82, 2.24) is 14.4 Å². The van der Waals surface area contributed by atoms with E-state index in [1.165, 1.54) is 10.6 Å². The van der Waals surface area contributed by atoms with Gasteiger partial charge in [0.05, 0.1) is 5.69 Å². The first kappa shape index (κ1) is 14.2. The molecule has 3 aromatic rings. The monoisotopic (exact) mass is 313 g/mol. The number of rotatable bonds is 3. The first-order valence-corrected chi connectivity index (χ1v) is 7.22. The van der Waals surface area contributed by atoms with Crippen LogP contribution in [0.15, 0.2) is 35.5 Å². The van der Waals surface area contributed by atoms with Crippen molar-refractivity contribution in [2.45, 2.75) is 6.92 Å². The summed E-state index contributed by atoms with van der Waals surface area (Å²) in [5.41, 5.74) is 1.61. The lowest BCUT2D eigenvalue weighted by atomic mass is 10.2. The molecule has 6 nitrogen and oxygen atoms in total. The number of thiazole rings is 1. The van der Waals surface area contributed by atoms with E-state index in [2.05, 4.69) is 9.97 Å². The van der Waals surface area contributed by atoms with E-state index < -0.39 is 5.97 Å². The summed E-state index contributed by atoms with van der Waals surface area (Å²) in [4.78, 5) is 32.1. The second kappa shape index (κ2) is 5.53. The summed E-state index contributed by atoms with van der Waals surface area (Å²) in [7, 11) is 0. The van der Waals surface area contributed by atoms with Gasteiger partial charge in [0.15, 0.2) is 4.96 Å². The number of aromatic carboxylic acids is 1. The van der Waals surface area contributed by atoms with Crippen molar-refractivity contribution in [1.29, 1.82) is 0 Å². The Kier molecular flexibility index (Phi) is 3.56. The number of carboxylic acids is 1. The Morgan fingerprint density at radius 3 is 2.91 bits per heavy atom. The molecule has 1 N–H and O–H groups in total. The Balaban J connectivity index is 2.10. The number of pyridine rings is 1. The minimum absolute atomic E-state index is 0.0809. The van der Waals surface area contributed by atoms with Crippen molar-refractivity contribution >= 4 is 34.4 Å². The molecule has 3 aromatic heterocycles. The number of carboxylic acid groups (broad SMARTS) is 1. The summed E-state index contributed by atoms with van der Waals surface area (Å²) in [6.45, 7) is 1.67. The molecule has 3 heterocycles. The molecule has 0 aliphatic carbocycles. The van der Waals surface area contributed by atoms with Crippen LogP contribution in [0.5, 0.6) is 0 Å². The number of hydrogen-bond acceptors (Lipinski definition) is 5. The smallest absolute Gasteiger partial charge is 0.347 e. The maximum atomic E-state index is 12.3. The van der Waals surface area contributed by atoms with Gasteiger partial charge in [-0.3, -0.25) is 14.2 Å². The van der Waals surface area contributed by atoms with E-state index in [0.29, 0.717) is 16.2 Å². The lowest BCUT2D eigenvalue weighted by Crippen LogP contribution is -2.17. The molecule has 0 aliphatic heterocycles. The highest BCUT2D eigenvalue weighted by Crippen LogP contribution is 2.17. The lowest BCUT2D eigenvalue weighted by Gasteiger charge is -2.00. The first-order chi connectivity index (χ1) is 10.6. The molecular formula is C15H11N3O3S. The molecule has 0 saturated carbocycles. The van der Waals surface area contributed by atoms with Crippen molar-refractivity contribution in [2.75, 3.05) is 0 Å². The van der Waals surface area contributed by atoms with Gasteiger partial charge in [0.1, 0.15) is 4.88 Å². The molecule has 0 saturated heterocycles. The average Bonchev–Trinajstić information content (AvgIpc) is 2.95. The molecule has 110 valence electrons. The highest BCUT2D eigenvalue weighted by Gasteiger charge is 2.13. The Bertz CT molecular complexity index is 942. The third kappa shape index (κ3) is 2.53. The Labute approximate surface area is 129 Å². The summed E-state index contributed by atoms with van der Waals surface area (Å²) in [5, 5.41) is 9.01. The van der Waals surface area contributed by atoms with Gasteiger partial charge in [-0.25, -0.2) is 9.78 Å². The average molecular weight is 313 g/mol. The van der Waals surface area contributed by atoms with Crippen molar-refractivity contribution in [3.8, 4) is 0 Å². The molecule has 0 aliphatic rings. The molecule has 0 radical (unpaired) electrons. The Morgan fingerprint density at radius 2 is 2.23 bits per heavy atom. The number of aromatic nitrogens is 3. The van der Waals surface area contributed by atoms with Crippen molar-refractivity contribution in [3.05, 3.63) is 62.8 Å². The number of hydrogen-bond donors (Lipinski definition) is 1. The molecule has 0 spiro atoms. The van der Waals surface area contributed by atoms with Gasteiger partial charge >= 0.3 is 5.97 Å². The van der Waals surface area contributed by atoms with Gasteiger partial charge in [0, 0.05) is 24.2 Å². The predicted molar refractivity (Wildman–Crippen MR) is 84.2 cm³/mol. The molecule has 0 amide bonds. The van der Waals surface area contributed by atoms with E-state index in [1.54, 1.807) is 25.4 Å². The highest BCUT2D eigenvalue weighted by molar-refractivity contribution is 7.18. The third-order valence-corrected chi connectivity index (χ3v) is 4.09. The minimum Gasteiger partial charge on any atom is -0.477 e. The van der Waals surface area contributed by atoms with Gasteiger partial charge in [0.25, 0.3) is 5.56 Å². The van der Waals surface area contributed by atoms with Crippen molar-refractivity contribution < 1.29 is 9.90 Å². The van der Waals surface area contributed by atoms with Crippen LogP contribution in [0.3, 0.4) is 0 Å². The van der Waals surface area contributed by atoms with Crippen molar-refractivity contribution in [2.24, 2.45) is 0 Å². The molecule has 7 heteroatoms. The predicted octanol–water partition coefficient (Wildman–Crippen LogP) is 2.33. The van der Waals surface area contributed by atoms with E-state index in [0.717, 1.165) is 16.9 Å². The van der Waals surface area contributed by atoms with Crippen LogP contribution in [-0.2, 0) is 0 Å². The van der Waals surface area contributed by atoms with Gasteiger partial charge in [-0.15, -0.1) is 0 Å². The fourth-order valence-electron chi connectivity index (χ4n) is 1.96. The van der Waals surface area contributed by atoms with Crippen LogP contribution in [0.4, 0.5) is 0 Å². The highest BCUT2D eigenvalue weighted by atomic mass is 32.1. The van der Waals surface area contributed by atoms with Gasteiger partial charge in [-0.1, -0.05) is 23.5 Å². The zero-order valence-electron chi connectivity index (χ0n) is 11.6. The third-order valence-electron chi connectivity index (χ3n) is 3.12. The molecule has 0 aromatic carbocycles. The van der Waals surface area contributed by atoms with Gasteiger partial charge < -0.3 is 5.11 Å².